The molecule has 0 aromatic heterocycles. The third-order valence-corrected chi connectivity index (χ3v) is 2.82. The van der Waals surface area contributed by atoms with Gasteiger partial charge in [-0.3, -0.25) is 0 Å². The second-order valence-corrected chi connectivity index (χ2v) is 4.81. The van der Waals surface area contributed by atoms with Crippen LogP contribution in [0.15, 0.2) is 11.1 Å². The molecule has 0 aromatic carbocycles. The van der Waals surface area contributed by atoms with Crippen LogP contribution in [0.2, 0.25) is 0 Å². The minimum Gasteiger partial charge on any atom is -0.465 e. The van der Waals surface area contributed by atoms with E-state index in [1.54, 1.807) is 0 Å². The Morgan fingerprint density at radius 3 is 2.00 bits per heavy atom. The van der Waals surface area contributed by atoms with Gasteiger partial charge < -0.3 is 9.64 Å². The van der Waals surface area contributed by atoms with Gasteiger partial charge in [0, 0.05) is 20.3 Å². The molecule has 0 radical (unpaired) electrons. The van der Waals surface area contributed by atoms with Crippen molar-refractivity contribution in [2.24, 2.45) is 0 Å². The van der Waals surface area contributed by atoms with Crippen molar-refractivity contribution in [3.05, 3.63) is 11.1 Å². The topological polar surface area (TPSA) is 63.7 Å². The van der Waals surface area contributed by atoms with E-state index >= 15 is 0 Å². The van der Waals surface area contributed by atoms with Gasteiger partial charge in [-0.2, -0.15) is 13.2 Å². The Hall–Kier alpha value is -1.25. The Bertz CT molecular complexity index is 396. The summed E-state index contributed by atoms with van der Waals surface area (Å²) >= 11 is 0. The highest BCUT2D eigenvalue weighted by Crippen LogP contribution is 2.30. The van der Waals surface area contributed by atoms with E-state index in [-0.39, 0.29) is 0 Å². The van der Waals surface area contributed by atoms with Gasteiger partial charge in [-0.1, -0.05) is 0 Å². The van der Waals surface area contributed by atoms with E-state index in [0.29, 0.717) is 6.20 Å². The lowest BCUT2D eigenvalue weighted by atomic mass is 10.6. The van der Waals surface area contributed by atoms with Crippen molar-refractivity contribution < 1.29 is 31.1 Å². The van der Waals surface area contributed by atoms with Crippen molar-refractivity contribution in [1.82, 2.24) is 4.90 Å². The minimum atomic E-state index is -5.70. The molecule has 94 valence electrons. The summed E-state index contributed by atoms with van der Waals surface area (Å²) in [6.45, 7) is 0. The second kappa shape index (κ2) is 4.73. The summed E-state index contributed by atoms with van der Waals surface area (Å²) in [5.74, 6) is -1.56. The zero-order valence-electron chi connectivity index (χ0n) is 8.70. The van der Waals surface area contributed by atoms with Gasteiger partial charge in [-0.25, -0.2) is 13.2 Å². The number of carbonyl (C=O) groups excluding carboxylic acids is 1. The van der Waals surface area contributed by atoms with E-state index < -0.39 is 26.2 Å². The van der Waals surface area contributed by atoms with E-state index in [9.17, 15) is 26.4 Å². The Morgan fingerprint density at radius 1 is 1.31 bits per heavy atom. The fourth-order valence-corrected chi connectivity index (χ4v) is 1.59. The normalized spacial score (nSPS) is 13.5. The van der Waals surface area contributed by atoms with Crippen LogP contribution < -0.4 is 0 Å². The summed E-state index contributed by atoms with van der Waals surface area (Å²) < 4.78 is 62.4. The summed E-state index contributed by atoms with van der Waals surface area (Å²) in [6.07, 6.45) is 0.536. The Morgan fingerprint density at radius 2 is 1.75 bits per heavy atom. The van der Waals surface area contributed by atoms with Crippen molar-refractivity contribution in [3.8, 4) is 0 Å². The SMILES string of the molecule is COC(=O)/C(=C/N(C)C)S(=O)(=O)C(F)(F)F. The van der Waals surface area contributed by atoms with Gasteiger partial charge in [0.25, 0.3) is 9.84 Å². The van der Waals surface area contributed by atoms with Crippen LogP contribution in [0.5, 0.6) is 0 Å². The van der Waals surface area contributed by atoms with Crippen molar-refractivity contribution in [2.75, 3.05) is 21.2 Å². The van der Waals surface area contributed by atoms with E-state index in [1.165, 1.54) is 14.1 Å². The van der Waals surface area contributed by atoms with Crippen molar-refractivity contribution in [2.45, 2.75) is 5.51 Å². The smallest absolute Gasteiger partial charge is 0.465 e. The van der Waals surface area contributed by atoms with Gasteiger partial charge in [-0.05, 0) is 0 Å². The first-order valence-corrected chi connectivity index (χ1v) is 5.30. The highest BCUT2D eigenvalue weighted by atomic mass is 32.2. The molecule has 0 unspecified atom stereocenters. The van der Waals surface area contributed by atoms with Crippen LogP contribution in [0.3, 0.4) is 0 Å². The summed E-state index contributed by atoms with van der Waals surface area (Å²) in [5, 5.41) is 0. The molecule has 0 bridgehead atoms. The number of ether oxygens (including phenoxy) is 1. The number of sulfone groups is 1. The van der Waals surface area contributed by atoms with Crippen LogP contribution in [0, 0.1) is 0 Å². The first-order chi connectivity index (χ1) is 7.04. The molecule has 16 heavy (non-hydrogen) atoms. The van der Waals surface area contributed by atoms with Crippen molar-refractivity contribution in [3.63, 3.8) is 0 Å². The van der Waals surface area contributed by atoms with Gasteiger partial charge >= 0.3 is 11.5 Å². The molecule has 0 aliphatic rings. The molecule has 5 nitrogen and oxygen atoms in total. The lowest BCUT2D eigenvalue weighted by molar-refractivity contribution is -0.135. The Kier molecular flexibility index (Phi) is 4.36. The first-order valence-electron chi connectivity index (χ1n) is 3.82. The zero-order chi connectivity index (χ0) is 13.1. The van der Waals surface area contributed by atoms with E-state index in [1.807, 2.05) is 0 Å². The van der Waals surface area contributed by atoms with Crippen molar-refractivity contribution in [1.29, 1.82) is 0 Å². The Labute approximate surface area is 90.4 Å². The molecule has 0 amide bonds. The number of hydrogen-bond acceptors (Lipinski definition) is 5. The van der Waals surface area contributed by atoms with Crippen LogP contribution in [0.25, 0.3) is 0 Å². The van der Waals surface area contributed by atoms with Gasteiger partial charge in [0.05, 0.1) is 7.11 Å². The molecule has 0 aliphatic carbocycles. The molecular weight excluding hydrogens is 251 g/mol. The number of methoxy groups -OCH3 is 1. The largest absolute Gasteiger partial charge is 0.502 e. The summed E-state index contributed by atoms with van der Waals surface area (Å²) in [5.41, 5.74) is -5.54. The number of rotatable bonds is 3. The summed E-state index contributed by atoms with van der Waals surface area (Å²) in [7, 11) is -2.37. The van der Waals surface area contributed by atoms with Gasteiger partial charge in [0.1, 0.15) is 0 Å². The predicted molar refractivity (Wildman–Crippen MR) is 48.8 cm³/mol. The Balaban J connectivity index is 5.66. The van der Waals surface area contributed by atoms with Crippen LogP contribution in [0.1, 0.15) is 0 Å². The third-order valence-electron chi connectivity index (χ3n) is 1.36. The third kappa shape index (κ3) is 3.12. The predicted octanol–water partition coefficient (Wildman–Crippen LogP) is 0.497. The molecule has 0 N–H and O–H groups in total. The maximum absolute atomic E-state index is 12.2. The van der Waals surface area contributed by atoms with Crippen LogP contribution in [0.4, 0.5) is 13.2 Å². The number of esters is 1. The second-order valence-electron chi connectivity index (χ2n) is 2.90. The quantitative estimate of drug-likeness (QED) is 0.546. The first kappa shape index (κ1) is 14.8. The molecule has 0 saturated heterocycles. The monoisotopic (exact) mass is 261 g/mol. The number of hydrogen-bond donors (Lipinski definition) is 0. The average Bonchev–Trinajstić information content (AvgIpc) is 2.10. The fourth-order valence-electron chi connectivity index (χ4n) is 0.692. The molecule has 0 fully saturated rings. The minimum absolute atomic E-state index is 0.536. The maximum atomic E-state index is 12.2. The molecule has 0 aromatic rings. The average molecular weight is 261 g/mol. The number of carbonyl (C=O) groups is 1. The van der Waals surface area contributed by atoms with E-state index in [4.69, 9.17) is 0 Å². The molecular formula is C7H10F3NO4S. The van der Waals surface area contributed by atoms with Crippen LogP contribution in [-0.2, 0) is 19.4 Å². The number of alkyl halides is 3. The summed E-state index contributed by atoms with van der Waals surface area (Å²) in [4.78, 5) is 10.5. The fraction of sp³-hybridized carbons (Fsp3) is 0.571. The molecule has 0 heterocycles. The van der Waals surface area contributed by atoms with E-state index in [2.05, 4.69) is 4.74 Å². The highest BCUT2D eigenvalue weighted by Gasteiger charge is 2.51. The molecule has 9 heteroatoms. The maximum Gasteiger partial charge on any atom is 0.502 e. The van der Waals surface area contributed by atoms with Crippen LogP contribution in [-0.4, -0.2) is 46.0 Å². The standard InChI is InChI=1S/C7H10F3NO4S/c1-11(2)4-5(6(12)15-3)16(13,14)7(8,9)10/h4H,1-3H3/b5-4-. The lowest BCUT2D eigenvalue weighted by Crippen LogP contribution is -2.30. The molecule has 0 aliphatic heterocycles. The van der Waals surface area contributed by atoms with Gasteiger partial charge in [0.15, 0.2) is 4.91 Å². The van der Waals surface area contributed by atoms with Crippen molar-refractivity contribution >= 4 is 15.8 Å². The molecule has 0 spiro atoms. The van der Waals surface area contributed by atoms with E-state index in [0.717, 1.165) is 12.0 Å². The number of halogens is 3. The van der Waals surface area contributed by atoms with Gasteiger partial charge in [0.2, 0.25) is 0 Å². The molecule has 0 atom stereocenters. The summed E-state index contributed by atoms with van der Waals surface area (Å²) in [6, 6.07) is 0. The number of nitrogens with zero attached hydrogens (tertiary/aromatic N) is 1. The molecule has 0 rings (SSSR count). The zero-order valence-corrected chi connectivity index (χ0v) is 9.52. The molecule has 0 saturated carbocycles. The lowest BCUT2D eigenvalue weighted by Gasteiger charge is -2.12. The highest BCUT2D eigenvalue weighted by molar-refractivity contribution is 7.97. The van der Waals surface area contributed by atoms with Crippen LogP contribution >= 0.6 is 0 Å². The van der Waals surface area contributed by atoms with Gasteiger partial charge in [-0.15, -0.1) is 0 Å².